The van der Waals surface area contributed by atoms with Gasteiger partial charge in [-0.15, -0.1) is 0 Å². The second-order valence-corrected chi connectivity index (χ2v) is 7.93. The van der Waals surface area contributed by atoms with Gasteiger partial charge in [-0.05, 0) is 55.7 Å². The van der Waals surface area contributed by atoms with Crippen molar-refractivity contribution in [2.75, 3.05) is 20.8 Å². The summed E-state index contributed by atoms with van der Waals surface area (Å²) in [4.78, 5) is 19.9. The third kappa shape index (κ3) is 3.92. The Hall–Kier alpha value is -2.87. The summed E-state index contributed by atoms with van der Waals surface area (Å²) in [5.41, 5.74) is 1.26. The Labute approximate surface area is 183 Å². The van der Waals surface area contributed by atoms with Crippen molar-refractivity contribution < 1.29 is 18.8 Å². The van der Waals surface area contributed by atoms with Crippen molar-refractivity contribution in [2.24, 2.45) is 0 Å². The third-order valence-electron chi connectivity index (χ3n) is 5.23. The van der Waals surface area contributed by atoms with Crippen LogP contribution in [0.15, 0.2) is 51.5 Å². The maximum atomic E-state index is 13.5. The summed E-state index contributed by atoms with van der Waals surface area (Å²) in [7, 11) is 3.09. The largest absolute Gasteiger partial charge is 0.496 e. The van der Waals surface area contributed by atoms with Crippen molar-refractivity contribution in [1.29, 1.82) is 0 Å². The van der Waals surface area contributed by atoms with E-state index in [1.807, 2.05) is 24.3 Å². The summed E-state index contributed by atoms with van der Waals surface area (Å²) in [6.45, 7) is 0.598. The summed E-state index contributed by atoms with van der Waals surface area (Å²) in [5.74, 6) is 1.73. The Balaban J connectivity index is 1.66. The van der Waals surface area contributed by atoms with E-state index < -0.39 is 0 Å². The lowest BCUT2D eigenvalue weighted by Gasteiger charge is -2.34. The molecule has 1 fully saturated rings. The Morgan fingerprint density at radius 2 is 1.80 bits per heavy atom. The molecule has 3 aromatic rings. The topological polar surface area (TPSA) is 77.7 Å². The number of carbonyl (C=O) groups excluding carboxylic acids is 1. The van der Waals surface area contributed by atoms with Gasteiger partial charge in [-0.25, -0.2) is 0 Å². The summed E-state index contributed by atoms with van der Waals surface area (Å²) >= 11 is 3.43. The summed E-state index contributed by atoms with van der Waals surface area (Å²) < 4.78 is 17.4. The number of likely N-dealkylation sites (tertiary alicyclic amines) is 1. The third-order valence-corrected chi connectivity index (χ3v) is 5.76. The smallest absolute Gasteiger partial charge is 0.262 e. The minimum atomic E-state index is -0.294. The normalized spacial score (nSPS) is 16.4. The standard InChI is InChI=1S/C22H22BrN3O4/c1-28-17-7-5-8-18(29-2)19(17)22(27)26-13-4-3-6-16(26)21-24-20(25-30-21)14-9-11-15(23)12-10-14/h5,7-12,16H,3-4,6,13H2,1-2H3. The van der Waals surface area contributed by atoms with E-state index in [0.29, 0.717) is 35.3 Å². The van der Waals surface area contributed by atoms with Crippen LogP contribution in [0.1, 0.15) is 41.6 Å². The first kappa shape index (κ1) is 20.4. The van der Waals surface area contributed by atoms with E-state index in [4.69, 9.17) is 14.0 Å². The number of ether oxygens (including phenoxy) is 2. The van der Waals surface area contributed by atoms with Crippen LogP contribution in [0.5, 0.6) is 11.5 Å². The molecule has 0 radical (unpaired) electrons. The van der Waals surface area contributed by atoms with Crippen LogP contribution in [0.4, 0.5) is 0 Å². The second kappa shape index (κ2) is 8.87. The zero-order valence-corrected chi connectivity index (χ0v) is 18.4. The Kier molecular flexibility index (Phi) is 6.03. The van der Waals surface area contributed by atoms with Crippen LogP contribution in [-0.2, 0) is 0 Å². The molecule has 1 aliphatic heterocycles. The van der Waals surface area contributed by atoms with Crippen molar-refractivity contribution >= 4 is 21.8 Å². The molecule has 0 bridgehead atoms. The van der Waals surface area contributed by atoms with E-state index in [9.17, 15) is 4.79 Å². The predicted molar refractivity (Wildman–Crippen MR) is 115 cm³/mol. The van der Waals surface area contributed by atoms with Crippen molar-refractivity contribution in [3.05, 3.63) is 58.4 Å². The van der Waals surface area contributed by atoms with Crippen LogP contribution in [-0.4, -0.2) is 41.7 Å². The highest BCUT2D eigenvalue weighted by molar-refractivity contribution is 9.10. The highest BCUT2D eigenvalue weighted by Gasteiger charge is 2.35. The molecule has 0 spiro atoms. The number of benzene rings is 2. The SMILES string of the molecule is COc1cccc(OC)c1C(=O)N1CCCCC1c1nc(-c2ccc(Br)cc2)no1. The zero-order chi connectivity index (χ0) is 21.1. The molecule has 1 saturated heterocycles. The monoisotopic (exact) mass is 471 g/mol. The van der Waals surface area contributed by atoms with Gasteiger partial charge in [-0.1, -0.05) is 27.2 Å². The number of hydrogen-bond donors (Lipinski definition) is 0. The van der Waals surface area contributed by atoms with Gasteiger partial charge in [0.25, 0.3) is 5.91 Å². The van der Waals surface area contributed by atoms with Crippen LogP contribution in [0, 0.1) is 0 Å². The van der Waals surface area contributed by atoms with Gasteiger partial charge in [0.2, 0.25) is 11.7 Å². The van der Waals surface area contributed by atoms with Gasteiger partial charge in [0, 0.05) is 16.6 Å². The van der Waals surface area contributed by atoms with E-state index in [-0.39, 0.29) is 11.9 Å². The van der Waals surface area contributed by atoms with E-state index in [0.717, 1.165) is 29.3 Å². The number of aromatic nitrogens is 2. The van der Waals surface area contributed by atoms with Crippen LogP contribution in [0.2, 0.25) is 0 Å². The van der Waals surface area contributed by atoms with Gasteiger partial charge in [0.1, 0.15) is 23.1 Å². The number of carbonyl (C=O) groups is 1. The number of hydrogen-bond acceptors (Lipinski definition) is 6. The highest BCUT2D eigenvalue weighted by atomic mass is 79.9. The Morgan fingerprint density at radius 3 is 2.47 bits per heavy atom. The van der Waals surface area contributed by atoms with Gasteiger partial charge in [-0.2, -0.15) is 4.98 Å². The van der Waals surface area contributed by atoms with Crippen LogP contribution >= 0.6 is 15.9 Å². The molecule has 8 heteroatoms. The average molecular weight is 472 g/mol. The summed E-state index contributed by atoms with van der Waals surface area (Å²) in [6.07, 6.45) is 2.64. The second-order valence-electron chi connectivity index (χ2n) is 7.01. The van der Waals surface area contributed by atoms with Gasteiger partial charge in [0.15, 0.2) is 0 Å². The van der Waals surface area contributed by atoms with Gasteiger partial charge < -0.3 is 18.9 Å². The van der Waals surface area contributed by atoms with Crippen LogP contribution in [0.3, 0.4) is 0 Å². The molecule has 0 N–H and O–H groups in total. The predicted octanol–water partition coefficient (Wildman–Crippen LogP) is 4.88. The molecule has 0 aliphatic carbocycles. The van der Waals surface area contributed by atoms with Crippen LogP contribution < -0.4 is 9.47 Å². The van der Waals surface area contributed by atoms with Gasteiger partial charge in [-0.3, -0.25) is 4.79 Å². The molecule has 4 rings (SSSR count). The van der Waals surface area contributed by atoms with Crippen LogP contribution in [0.25, 0.3) is 11.4 Å². The van der Waals surface area contributed by atoms with E-state index in [1.54, 1.807) is 37.3 Å². The first-order chi connectivity index (χ1) is 14.6. The number of nitrogens with zero attached hydrogens (tertiary/aromatic N) is 3. The molecule has 30 heavy (non-hydrogen) atoms. The lowest BCUT2D eigenvalue weighted by molar-refractivity contribution is 0.0554. The lowest BCUT2D eigenvalue weighted by Crippen LogP contribution is -2.39. The minimum absolute atomic E-state index is 0.169. The first-order valence-electron chi connectivity index (χ1n) is 9.74. The van der Waals surface area contributed by atoms with E-state index in [1.165, 1.54) is 0 Å². The van der Waals surface area contributed by atoms with Gasteiger partial charge in [0.05, 0.1) is 14.2 Å². The summed E-state index contributed by atoms with van der Waals surface area (Å²) in [6, 6.07) is 12.7. The quantitative estimate of drug-likeness (QED) is 0.527. The molecule has 2 aromatic carbocycles. The Morgan fingerprint density at radius 1 is 1.10 bits per heavy atom. The van der Waals surface area contributed by atoms with Crippen molar-refractivity contribution in [1.82, 2.24) is 15.0 Å². The summed E-state index contributed by atoms with van der Waals surface area (Å²) in [5, 5.41) is 4.14. The lowest BCUT2D eigenvalue weighted by atomic mass is 10.00. The fourth-order valence-electron chi connectivity index (χ4n) is 3.72. The molecule has 156 valence electrons. The highest BCUT2D eigenvalue weighted by Crippen LogP contribution is 2.36. The fraction of sp³-hybridized carbons (Fsp3) is 0.318. The molecule has 7 nitrogen and oxygen atoms in total. The van der Waals surface area contributed by atoms with Crippen molar-refractivity contribution in [3.63, 3.8) is 0 Å². The molecule has 1 aliphatic rings. The molecular formula is C22H22BrN3O4. The van der Waals surface area contributed by atoms with E-state index in [2.05, 4.69) is 26.1 Å². The molecule has 1 unspecified atom stereocenters. The Bertz CT molecular complexity index is 1010. The van der Waals surface area contributed by atoms with Crippen molar-refractivity contribution in [2.45, 2.75) is 25.3 Å². The minimum Gasteiger partial charge on any atom is -0.496 e. The number of rotatable bonds is 5. The van der Waals surface area contributed by atoms with E-state index >= 15 is 0 Å². The average Bonchev–Trinajstić information content (AvgIpc) is 3.28. The number of halogens is 1. The maximum absolute atomic E-state index is 13.5. The number of piperidine rings is 1. The zero-order valence-electron chi connectivity index (χ0n) is 16.8. The van der Waals surface area contributed by atoms with Gasteiger partial charge >= 0.3 is 0 Å². The fourth-order valence-corrected chi connectivity index (χ4v) is 3.99. The molecule has 1 atom stereocenters. The van der Waals surface area contributed by atoms with Crippen molar-refractivity contribution in [3.8, 4) is 22.9 Å². The molecular weight excluding hydrogens is 450 g/mol. The number of methoxy groups -OCH3 is 2. The molecule has 1 amide bonds. The molecule has 1 aromatic heterocycles. The molecule has 2 heterocycles. The molecule has 0 saturated carbocycles. The first-order valence-corrected chi connectivity index (χ1v) is 10.5. The maximum Gasteiger partial charge on any atom is 0.262 e. The number of amides is 1.